The summed E-state index contributed by atoms with van der Waals surface area (Å²) in [6.45, 7) is 0. The first-order valence-corrected chi connectivity index (χ1v) is 16.5. The minimum Gasteiger partial charge on any atom is -0.452 e. The average molecular weight is 678 g/mol. The van der Waals surface area contributed by atoms with Gasteiger partial charge in [0.2, 0.25) is 0 Å². The van der Waals surface area contributed by atoms with Crippen molar-refractivity contribution < 1.29 is 29.4 Å². The van der Waals surface area contributed by atoms with E-state index in [1.807, 2.05) is 72.8 Å². The van der Waals surface area contributed by atoms with Crippen molar-refractivity contribution in [2.24, 2.45) is 0 Å². The number of benzene rings is 9. The van der Waals surface area contributed by atoms with Crippen molar-refractivity contribution in [1.82, 2.24) is 0 Å². The van der Waals surface area contributed by atoms with Crippen LogP contribution in [0.1, 0.15) is 20.6 Å². The minimum absolute atomic E-state index is 0.0123. The van der Waals surface area contributed by atoms with Crippen molar-refractivity contribution in [1.29, 1.82) is 0 Å². The van der Waals surface area contributed by atoms with E-state index in [2.05, 4.69) is 0 Å². The molecule has 2 heterocycles. The molecule has 9 aromatic carbocycles. The fourth-order valence-corrected chi connectivity index (χ4v) is 7.39. The molecule has 0 saturated carbocycles. The summed E-state index contributed by atoms with van der Waals surface area (Å²) in [6.07, 6.45) is 0. The third-order valence-electron chi connectivity index (χ3n) is 9.62. The fourth-order valence-electron chi connectivity index (χ4n) is 7.39. The number of hydrogen-bond acceptors (Lipinski definition) is 2. The maximum absolute atomic E-state index is 9.47. The summed E-state index contributed by atoms with van der Waals surface area (Å²) in [5, 5.41) is 0.00507. The summed E-state index contributed by atoms with van der Waals surface area (Å²) in [5.74, 6) is 0.630. The molecule has 2 heteroatoms. The molecule has 0 aliphatic rings. The van der Waals surface area contributed by atoms with E-state index in [1.165, 1.54) is 0 Å². The Morgan fingerprint density at radius 3 is 1.65 bits per heavy atom. The quantitative estimate of drug-likeness (QED) is 0.173. The topological polar surface area (TPSA) is 26.3 Å². The highest BCUT2D eigenvalue weighted by atomic mass is 16.4. The van der Waals surface area contributed by atoms with Crippen LogP contribution in [0.3, 0.4) is 0 Å². The number of hydrogen-bond donors (Lipinski definition) is 0. The molecule has 0 amide bonds. The van der Waals surface area contributed by atoms with Crippen molar-refractivity contribution in [3.63, 3.8) is 0 Å². The maximum atomic E-state index is 9.47. The molecule has 0 atom stereocenters. The molecule has 2 aromatic heterocycles. The summed E-state index contributed by atoms with van der Waals surface area (Å²) in [4.78, 5) is 0. The summed E-state index contributed by atoms with van der Waals surface area (Å²) < 4.78 is 148. The molecule has 0 unspecified atom stereocenters. The van der Waals surface area contributed by atoms with Gasteiger partial charge >= 0.3 is 0 Å². The second-order valence-corrected chi connectivity index (χ2v) is 12.4. The Labute approximate surface area is 320 Å². The van der Waals surface area contributed by atoms with Crippen molar-refractivity contribution in [2.75, 3.05) is 0 Å². The molecule has 0 aliphatic heterocycles. The van der Waals surface area contributed by atoms with Crippen LogP contribution in [0.5, 0.6) is 0 Å². The van der Waals surface area contributed by atoms with Crippen LogP contribution in [0.4, 0.5) is 0 Å². The van der Waals surface area contributed by atoms with Gasteiger partial charge in [0.1, 0.15) is 11.3 Å². The van der Waals surface area contributed by atoms with Gasteiger partial charge in [-0.2, -0.15) is 0 Å². The highest BCUT2D eigenvalue weighted by molar-refractivity contribution is 6.24. The minimum atomic E-state index is -0.769. The molecular formula is C50H30O2. The SMILES string of the molecule is [2H]c1c([2H])c([2H])c2c(-c3c4c([2H])c([2H])c([2H])c([2H])c4c(-c4ccc5oc6c(ccc7c(-c8ccccc8)c(-c8ccccc8)oc76)c5c4)c4c([2H])c([2H])c([2H])c([2H])c34)c([2H])c([2H])c([2H])c2c1[2H]. The van der Waals surface area contributed by atoms with Crippen LogP contribution >= 0.6 is 0 Å². The van der Waals surface area contributed by atoms with Crippen LogP contribution in [-0.4, -0.2) is 0 Å². The molecular weight excluding hydrogens is 633 g/mol. The average Bonchev–Trinajstić information content (AvgIpc) is 3.92. The summed E-state index contributed by atoms with van der Waals surface area (Å²) >= 11 is 0. The Morgan fingerprint density at radius 2 is 0.942 bits per heavy atom. The van der Waals surface area contributed by atoms with Crippen LogP contribution in [0, 0.1) is 0 Å². The Balaban J connectivity index is 1.31. The highest BCUT2D eigenvalue weighted by Gasteiger charge is 2.23. The zero-order valence-electron chi connectivity index (χ0n) is 42.0. The van der Waals surface area contributed by atoms with Crippen LogP contribution in [0.25, 0.3) is 110 Å². The molecule has 0 radical (unpaired) electrons. The van der Waals surface area contributed by atoms with Crippen LogP contribution in [0.15, 0.2) is 190 Å². The Kier molecular flexibility index (Phi) is 3.88. The monoisotopic (exact) mass is 677 g/mol. The summed E-state index contributed by atoms with van der Waals surface area (Å²) in [7, 11) is 0. The predicted octanol–water partition coefficient (Wildman–Crippen LogP) is 14.5. The molecule has 2 nitrogen and oxygen atoms in total. The second-order valence-electron chi connectivity index (χ2n) is 12.4. The summed E-state index contributed by atoms with van der Waals surface area (Å²) in [6, 6.07) is 17.9. The van der Waals surface area contributed by atoms with E-state index < -0.39 is 107 Å². The van der Waals surface area contributed by atoms with Gasteiger partial charge in [-0.25, -0.2) is 0 Å². The van der Waals surface area contributed by atoms with E-state index in [1.54, 1.807) is 18.2 Å². The van der Waals surface area contributed by atoms with E-state index in [0.29, 0.717) is 33.3 Å². The summed E-state index contributed by atoms with van der Waals surface area (Å²) in [5.41, 5.74) is 3.36. The van der Waals surface area contributed by atoms with Gasteiger partial charge in [-0.3, -0.25) is 0 Å². The first-order valence-electron chi connectivity index (χ1n) is 24.0. The van der Waals surface area contributed by atoms with E-state index in [-0.39, 0.29) is 38.2 Å². The van der Waals surface area contributed by atoms with Gasteiger partial charge in [0.05, 0.1) is 20.6 Å². The Bertz CT molecular complexity index is 3940. The van der Waals surface area contributed by atoms with Gasteiger partial charge in [-0.15, -0.1) is 0 Å². The lowest BCUT2D eigenvalue weighted by Gasteiger charge is -2.18. The van der Waals surface area contributed by atoms with Gasteiger partial charge in [0.25, 0.3) is 0 Å². The zero-order chi connectivity index (χ0) is 47.2. The Morgan fingerprint density at radius 1 is 0.365 bits per heavy atom. The Hall–Kier alpha value is -6.90. The molecule has 0 bridgehead atoms. The molecule has 0 N–H and O–H groups in total. The fraction of sp³-hybridized carbons (Fsp3) is 0. The number of fused-ring (bicyclic) bond motifs is 8. The molecule has 242 valence electrons. The van der Waals surface area contributed by atoms with Gasteiger partial charge < -0.3 is 8.83 Å². The van der Waals surface area contributed by atoms with E-state index in [4.69, 9.17) is 22.5 Å². The van der Waals surface area contributed by atoms with Crippen molar-refractivity contribution in [3.8, 4) is 44.7 Å². The lowest BCUT2D eigenvalue weighted by molar-refractivity contribution is 0.612. The third-order valence-corrected chi connectivity index (χ3v) is 9.62. The van der Waals surface area contributed by atoms with Crippen molar-refractivity contribution in [3.05, 3.63) is 182 Å². The normalized spacial score (nSPS) is 15.9. The zero-order valence-corrected chi connectivity index (χ0v) is 27.0. The van der Waals surface area contributed by atoms with Crippen LogP contribution in [-0.2, 0) is 0 Å². The molecule has 0 aliphatic carbocycles. The van der Waals surface area contributed by atoms with E-state index in [0.717, 1.165) is 22.1 Å². The first-order chi connectivity index (χ1) is 32.0. The van der Waals surface area contributed by atoms with Crippen molar-refractivity contribution >= 4 is 65.2 Å². The smallest absolute Gasteiger partial charge is 0.178 e. The van der Waals surface area contributed by atoms with Crippen LogP contribution < -0.4 is 0 Å². The maximum Gasteiger partial charge on any atom is 0.178 e. The molecule has 11 rings (SSSR count). The second kappa shape index (κ2) is 11.3. The van der Waals surface area contributed by atoms with Gasteiger partial charge in [0, 0.05) is 27.3 Å². The van der Waals surface area contributed by atoms with Gasteiger partial charge in [-0.05, 0) is 84.4 Å². The van der Waals surface area contributed by atoms with Crippen molar-refractivity contribution in [2.45, 2.75) is 0 Å². The molecule has 0 spiro atoms. The molecule has 0 saturated heterocycles. The van der Waals surface area contributed by atoms with E-state index >= 15 is 0 Å². The largest absolute Gasteiger partial charge is 0.452 e. The molecule has 11 aromatic rings. The number of rotatable bonds is 4. The van der Waals surface area contributed by atoms with E-state index in [9.17, 15) is 6.85 Å². The van der Waals surface area contributed by atoms with Crippen LogP contribution in [0.2, 0.25) is 0 Å². The van der Waals surface area contributed by atoms with Gasteiger partial charge in [-0.1, -0.05) is 157 Å². The molecule has 52 heavy (non-hydrogen) atoms. The third kappa shape index (κ3) is 4.25. The van der Waals surface area contributed by atoms with Gasteiger partial charge in [0.15, 0.2) is 11.2 Å². The highest BCUT2D eigenvalue weighted by Crippen LogP contribution is 2.48. The first kappa shape index (κ1) is 17.8. The lowest BCUT2D eigenvalue weighted by Crippen LogP contribution is -1.91. The lowest BCUT2D eigenvalue weighted by atomic mass is 9.84. The standard InChI is InChI=1S/C50H30O2/c1-3-15-32(16-4-1)46-42-28-27-41-43-30-34(26-29-44(43)51-49(41)50(42)52-48(46)33-17-5-2-6-18-33)45-37-21-9-11-23-39(37)47(40-24-12-10-22-38(40)45)36-25-13-19-31-14-7-8-20-35(31)36/h1-30H/i7D,8D,9D,10D,11D,12D,13D,14D,19D,20D,21D,22D,23D,24D,25D. The molecule has 0 fully saturated rings. The predicted molar refractivity (Wildman–Crippen MR) is 218 cm³/mol. The number of furan rings is 2.